The maximum absolute atomic E-state index is 9.26. The Hall–Kier alpha value is -1.63. The summed E-state index contributed by atoms with van der Waals surface area (Å²) < 4.78 is 0. The number of benzene rings is 1. The zero-order valence-corrected chi connectivity index (χ0v) is 11.9. The van der Waals surface area contributed by atoms with Gasteiger partial charge in [-0.15, -0.1) is 0 Å². The number of nitriles is 1. The maximum atomic E-state index is 9.26. The van der Waals surface area contributed by atoms with Crippen LogP contribution in [-0.4, -0.2) is 12.6 Å². The molecule has 1 heterocycles. The zero-order valence-electron chi connectivity index (χ0n) is 11.0. The summed E-state index contributed by atoms with van der Waals surface area (Å²) in [5.41, 5.74) is 2.44. The highest BCUT2D eigenvalue weighted by Gasteiger charge is 2.11. The molecule has 2 unspecified atom stereocenters. The van der Waals surface area contributed by atoms with Gasteiger partial charge in [-0.2, -0.15) is 16.6 Å². The van der Waals surface area contributed by atoms with Gasteiger partial charge in [-0.1, -0.05) is 30.3 Å². The van der Waals surface area contributed by atoms with Gasteiger partial charge in [0.2, 0.25) is 0 Å². The van der Waals surface area contributed by atoms with Gasteiger partial charge in [-0.25, -0.2) is 0 Å². The molecule has 0 fully saturated rings. The standard InChI is InChI=1S/C16H18N2S/c1-13(9-14-7-8-19-12-14)18-11-16(10-17)15-5-3-2-4-6-15/h2-8,12-13,16,18H,9,11H2,1H3. The van der Waals surface area contributed by atoms with Crippen molar-refractivity contribution in [3.8, 4) is 6.07 Å². The fourth-order valence-electron chi connectivity index (χ4n) is 2.08. The first kappa shape index (κ1) is 13.8. The van der Waals surface area contributed by atoms with Gasteiger partial charge in [-0.3, -0.25) is 0 Å². The lowest BCUT2D eigenvalue weighted by Gasteiger charge is -2.16. The zero-order chi connectivity index (χ0) is 13.5. The maximum Gasteiger partial charge on any atom is 0.0837 e. The largest absolute Gasteiger partial charge is 0.312 e. The van der Waals surface area contributed by atoms with Crippen molar-refractivity contribution in [2.24, 2.45) is 0 Å². The van der Waals surface area contributed by atoms with E-state index >= 15 is 0 Å². The number of rotatable bonds is 6. The lowest BCUT2D eigenvalue weighted by molar-refractivity contribution is 0.534. The quantitative estimate of drug-likeness (QED) is 0.871. The van der Waals surface area contributed by atoms with Crippen LogP contribution >= 0.6 is 11.3 Å². The summed E-state index contributed by atoms with van der Waals surface area (Å²) in [4.78, 5) is 0. The third-order valence-electron chi connectivity index (χ3n) is 3.15. The molecule has 0 aliphatic heterocycles. The van der Waals surface area contributed by atoms with E-state index < -0.39 is 0 Å². The first-order valence-electron chi connectivity index (χ1n) is 6.48. The van der Waals surface area contributed by atoms with E-state index in [-0.39, 0.29) is 5.92 Å². The molecular weight excluding hydrogens is 252 g/mol. The van der Waals surface area contributed by atoms with Crippen LogP contribution in [0.2, 0.25) is 0 Å². The van der Waals surface area contributed by atoms with E-state index in [0.29, 0.717) is 12.6 Å². The predicted molar refractivity (Wildman–Crippen MR) is 80.3 cm³/mol. The van der Waals surface area contributed by atoms with Crippen molar-refractivity contribution in [3.05, 3.63) is 58.3 Å². The third-order valence-corrected chi connectivity index (χ3v) is 3.88. The van der Waals surface area contributed by atoms with Crippen molar-refractivity contribution in [2.45, 2.75) is 25.3 Å². The van der Waals surface area contributed by atoms with Crippen molar-refractivity contribution in [1.82, 2.24) is 5.32 Å². The Morgan fingerprint density at radius 2 is 2.05 bits per heavy atom. The average Bonchev–Trinajstić information content (AvgIpc) is 2.93. The van der Waals surface area contributed by atoms with Crippen molar-refractivity contribution in [3.63, 3.8) is 0 Å². The van der Waals surface area contributed by atoms with Crippen molar-refractivity contribution < 1.29 is 0 Å². The summed E-state index contributed by atoms with van der Waals surface area (Å²) in [5, 5.41) is 17.0. The molecule has 1 N–H and O–H groups in total. The highest BCUT2D eigenvalue weighted by atomic mass is 32.1. The van der Waals surface area contributed by atoms with Crippen LogP contribution in [-0.2, 0) is 6.42 Å². The van der Waals surface area contributed by atoms with E-state index in [1.807, 2.05) is 30.3 Å². The van der Waals surface area contributed by atoms with Crippen molar-refractivity contribution in [2.75, 3.05) is 6.54 Å². The molecule has 0 saturated heterocycles. The number of nitrogens with zero attached hydrogens (tertiary/aromatic N) is 1. The Balaban J connectivity index is 1.85. The van der Waals surface area contributed by atoms with E-state index in [0.717, 1.165) is 12.0 Å². The van der Waals surface area contributed by atoms with Gasteiger partial charge < -0.3 is 5.32 Å². The molecule has 19 heavy (non-hydrogen) atoms. The van der Waals surface area contributed by atoms with E-state index in [1.165, 1.54) is 5.56 Å². The molecular formula is C16H18N2S. The van der Waals surface area contributed by atoms with Crippen LogP contribution in [0, 0.1) is 11.3 Å². The first-order chi connectivity index (χ1) is 9.29. The number of thiophene rings is 1. The molecule has 2 aromatic rings. The van der Waals surface area contributed by atoms with Crippen LogP contribution < -0.4 is 5.32 Å². The molecule has 0 radical (unpaired) electrons. The van der Waals surface area contributed by atoms with Crippen LogP contribution in [0.3, 0.4) is 0 Å². The highest BCUT2D eigenvalue weighted by molar-refractivity contribution is 7.07. The van der Waals surface area contributed by atoms with Gasteiger partial charge in [0.15, 0.2) is 0 Å². The summed E-state index contributed by atoms with van der Waals surface area (Å²) in [6, 6.07) is 14.9. The lowest BCUT2D eigenvalue weighted by Crippen LogP contribution is -2.31. The first-order valence-corrected chi connectivity index (χ1v) is 7.43. The van der Waals surface area contributed by atoms with Crippen LogP contribution in [0.4, 0.5) is 0 Å². The molecule has 0 saturated carbocycles. The summed E-state index contributed by atoms with van der Waals surface area (Å²) >= 11 is 1.73. The molecule has 98 valence electrons. The van der Waals surface area contributed by atoms with Gasteiger partial charge in [-0.05, 0) is 41.3 Å². The fourth-order valence-corrected chi connectivity index (χ4v) is 2.76. The second kappa shape index (κ2) is 7.08. The SMILES string of the molecule is CC(Cc1ccsc1)NCC(C#N)c1ccccc1. The molecule has 0 aliphatic carbocycles. The number of hydrogen-bond acceptors (Lipinski definition) is 3. The molecule has 2 rings (SSSR count). The molecule has 0 bridgehead atoms. The molecule has 0 aliphatic rings. The predicted octanol–water partition coefficient (Wildman–Crippen LogP) is 3.58. The molecule has 2 nitrogen and oxygen atoms in total. The van der Waals surface area contributed by atoms with E-state index in [9.17, 15) is 5.26 Å². The molecule has 0 spiro atoms. The Morgan fingerprint density at radius 3 is 2.68 bits per heavy atom. The minimum atomic E-state index is -0.0777. The van der Waals surface area contributed by atoms with Gasteiger partial charge in [0.25, 0.3) is 0 Å². The molecule has 3 heteroatoms. The van der Waals surface area contributed by atoms with Gasteiger partial charge in [0, 0.05) is 12.6 Å². The third kappa shape index (κ3) is 4.20. The number of hydrogen-bond donors (Lipinski definition) is 1. The van der Waals surface area contributed by atoms with Crippen LogP contribution in [0.25, 0.3) is 0 Å². The monoisotopic (exact) mass is 270 g/mol. The lowest BCUT2D eigenvalue weighted by atomic mass is 10.00. The summed E-state index contributed by atoms with van der Waals surface area (Å²) in [5.74, 6) is -0.0777. The molecule has 1 aromatic carbocycles. The highest BCUT2D eigenvalue weighted by Crippen LogP contribution is 2.14. The van der Waals surface area contributed by atoms with Crippen LogP contribution in [0.15, 0.2) is 47.2 Å². The Kier molecular flexibility index (Phi) is 5.14. The summed E-state index contributed by atoms with van der Waals surface area (Å²) in [6.07, 6.45) is 1.01. The van der Waals surface area contributed by atoms with Crippen molar-refractivity contribution >= 4 is 11.3 Å². The fraction of sp³-hybridized carbons (Fsp3) is 0.312. The summed E-state index contributed by atoms with van der Waals surface area (Å²) in [7, 11) is 0. The Bertz CT molecular complexity index is 513. The van der Waals surface area contributed by atoms with E-state index in [2.05, 4.69) is 35.1 Å². The Labute approximate surface area is 118 Å². The Morgan fingerprint density at radius 1 is 1.26 bits per heavy atom. The van der Waals surface area contributed by atoms with E-state index in [4.69, 9.17) is 0 Å². The van der Waals surface area contributed by atoms with E-state index in [1.54, 1.807) is 11.3 Å². The van der Waals surface area contributed by atoms with Crippen molar-refractivity contribution in [1.29, 1.82) is 5.26 Å². The smallest absolute Gasteiger partial charge is 0.0837 e. The minimum Gasteiger partial charge on any atom is -0.312 e. The average molecular weight is 270 g/mol. The van der Waals surface area contributed by atoms with Gasteiger partial charge in [0.05, 0.1) is 12.0 Å². The minimum absolute atomic E-state index is 0.0777. The second-order valence-electron chi connectivity index (χ2n) is 4.74. The molecule has 2 atom stereocenters. The normalized spacial score (nSPS) is 13.7. The molecule has 1 aromatic heterocycles. The van der Waals surface area contributed by atoms with Crippen LogP contribution in [0.5, 0.6) is 0 Å². The van der Waals surface area contributed by atoms with Crippen LogP contribution in [0.1, 0.15) is 24.0 Å². The second-order valence-corrected chi connectivity index (χ2v) is 5.52. The number of nitrogens with one attached hydrogen (secondary N) is 1. The summed E-state index contributed by atoms with van der Waals surface area (Å²) in [6.45, 7) is 2.86. The van der Waals surface area contributed by atoms with Gasteiger partial charge >= 0.3 is 0 Å². The topological polar surface area (TPSA) is 35.8 Å². The molecule has 0 amide bonds. The van der Waals surface area contributed by atoms with Gasteiger partial charge in [0.1, 0.15) is 0 Å².